The number of oxazole rings is 1. The molecule has 1 aromatic heterocycles. The second-order valence-corrected chi connectivity index (χ2v) is 6.09. The molecule has 1 amide bonds. The number of carbonyl (C=O) groups excluding carboxylic acids is 1. The van der Waals surface area contributed by atoms with Gasteiger partial charge in [-0.1, -0.05) is 6.07 Å². The average molecular weight is 330 g/mol. The molecule has 1 fully saturated rings. The zero-order valence-electron chi connectivity index (χ0n) is 13.3. The highest BCUT2D eigenvalue weighted by Gasteiger charge is 2.33. The summed E-state index contributed by atoms with van der Waals surface area (Å²) in [5, 5.41) is 10.5. The summed E-state index contributed by atoms with van der Waals surface area (Å²) >= 11 is 0. The van der Waals surface area contributed by atoms with Gasteiger partial charge in [0.25, 0.3) is 5.91 Å². The first kappa shape index (κ1) is 15.0. The summed E-state index contributed by atoms with van der Waals surface area (Å²) in [7, 11) is 0. The van der Waals surface area contributed by atoms with Gasteiger partial charge in [0.2, 0.25) is 12.6 Å². The van der Waals surface area contributed by atoms with Crippen molar-refractivity contribution in [2.45, 2.75) is 25.4 Å². The van der Waals surface area contributed by atoms with Crippen LogP contribution in [-0.4, -0.2) is 46.9 Å². The Morgan fingerprint density at radius 1 is 1.33 bits per heavy atom. The molecule has 126 valence electrons. The molecule has 0 radical (unpaired) electrons. The number of amides is 1. The molecule has 2 aromatic rings. The van der Waals surface area contributed by atoms with Crippen LogP contribution in [0, 0.1) is 6.92 Å². The molecular weight excluding hydrogens is 312 g/mol. The third-order valence-electron chi connectivity index (χ3n) is 4.63. The van der Waals surface area contributed by atoms with Crippen LogP contribution in [0.2, 0.25) is 0 Å². The van der Waals surface area contributed by atoms with Crippen LogP contribution >= 0.6 is 0 Å². The van der Waals surface area contributed by atoms with Crippen molar-refractivity contribution in [2.24, 2.45) is 0 Å². The Hall–Kier alpha value is -2.54. The molecule has 0 unspecified atom stereocenters. The lowest BCUT2D eigenvalue weighted by atomic mass is 9.87. The molecule has 3 heterocycles. The van der Waals surface area contributed by atoms with Crippen LogP contribution < -0.4 is 9.47 Å². The molecule has 1 saturated heterocycles. The molecule has 24 heavy (non-hydrogen) atoms. The summed E-state index contributed by atoms with van der Waals surface area (Å²) < 4.78 is 15.9. The number of aliphatic hydroxyl groups excluding tert-OH is 1. The predicted molar refractivity (Wildman–Crippen MR) is 83.1 cm³/mol. The summed E-state index contributed by atoms with van der Waals surface area (Å²) in [5.74, 6) is 1.40. The largest absolute Gasteiger partial charge is 0.454 e. The third-order valence-corrected chi connectivity index (χ3v) is 4.63. The smallest absolute Gasteiger partial charge is 0.291 e. The van der Waals surface area contributed by atoms with E-state index >= 15 is 0 Å². The minimum atomic E-state index is -0.647. The highest BCUT2D eigenvalue weighted by atomic mass is 16.7. The van der Waals surface area contributed by atoms with Gasteiger partial charge in [-0.05, 0) is 31.0 Å². The molecule has 0 aliphatic carbocycles. The van der Waals surface area contributed by atoms with E-state index < -0.39 is 6.10 Å². The fourth-order valence-electron chi connectivity index (χ4n) is 3.30. The maximum atomic E-state index is 12.5. The number of rotatable bonds is 2. The first-order valence-corrected chi connectivity index (χ1v) is 7.90. The maximum Gasteiger partial charge on any atom is 0.291 e. The van der Waals surface area contributed by atoms with Gasteiger partial charge in [-0.3, -0.25) is 4.79 Å². The molecule has 7 heteroatoms. The lowest BCUT2D eigenvalue weighted by Gasteiger charge is -2.35. The zero-order chi connectivity index (χ0) is 16.7. The number of β-amino-alcohol motifs (C(OH)–C–C–N with tert-alkyl or cyclic N) is 1. The first-order chi connectivity index (χ1) is 11.6. The van der Waals surface area contributed by atoms with Gasteiger partial charge < -0.3 is 23.9 Å². The van der Waals surface area contributed by atoms with Crippen LogP contribution in [0.1, 0.15) is 34.2 Å². The quantitative estimate of drug-likeness (QED) is 0.902. The monoisotopic (exact) mass is 330 g/mol. The fraction of sp³-hybridized carbons (Fsp3) is 0.412. The average Bonchev–Trinajstić information content (AvgIpc) is 3.22. The van der Waals surface area contributed by atoms with Gasteiger partial charge in [0.1, 0.15) is 0 Å². The zero-order valence-corrected chi connectivity index (χ0v) is 13.3. The van der Waals surface area contributed by atoms with Gasteiger partial charge >= 0.3 is 0 Å². The number of likely N-dealkylation sites (tertiary alicyclic amines) is 1. The molecule has 1 N–H and O–H groups in total. The molecule has 1 aromatic carbocycles. The van der Waals surface area contributed by atoms with E-state index in [0.717, 1.165) is 11.3 Å². The fourth-order valence-corrected chi connectivity index (χ4v) is 3.30. The Balaban J connectivity index is 1.49. The third kappa shape index (κ3) is 2.50. The minimum Gasteiger partial charge on any atom is -0.454 e. The molecule has 2 atom stereocenters. The molecule has 7 nitrogen and oxygen atoms in total. The Labute approximate surface area is 138 Å². The predicted octanol–water partition coefficient (Wildman–Crippen LogP) is 1.70. The number of aryl methyl sites for hydroxylation is 1. The number of carbonyl (C=O) groups is 1. The van der Waals surface area contributed by atoms with Gasteiger partial charge in [0.05, 0.1) is 11.8 Å². The Morgan fingerprint density at radius 2 is 2.17 bits per heavy atom. The number of fused-ring (bicyclic) bond motifs is 1. The van der Waals surface area contributed by atoms with E-state index in [-0.39, 0.29) is 30.9 Å². The van der Waals surface area contributed by atoms with E-state index in [4.69, 9.17) is 13.9 Å². The summed E-state index contributed by atoms with van der Waals surface area (Å²) in [4.78, 5) is 18.0. The molecule has 4 rings (SSSR count). The Morgan fingerprint density at radius 3 is 2.92 bits per heavy atom. The summed E-state index contributed by atoms with van der Waals surface area (Å²) in [6.07, 6.45) is 1.28. The van der Waals surface area contributed by atoms with Crippen LogP contribution in [-0.2, 0) is 0 Å². The van der Waals surface area contributed by atoms with Crippen LogP contribution in [0.25, 0.3) is 0 Å². The number of hydrogen-bond acceptors (Lipinski definition) is 6. The molecule has 0 spiro atoms. The molecule has 2 aliphatic rings. The number of benzene rings is 1. The van der Waals surface area contributed by atoms with Crippen LogP contribution in [0.3, 0.4) is 0 Å². The van der Waals surface area contributed by atoms with E-state index in [9.17, 15) is 9.90 Å². The lowest BCUT2D eigenvalue weighted by Crippen LogP contribution is -2.45. The van der Waals surface area contributed by atoms with Crippen molar-refractivity contribution in [3.8, 4) is 11.5 Å². The molecule has 2 aliphatic heterocycles. The SMILES string of the molecule is Cc1ncoc1C(=O)N1CC[C@@H](c2ccc3c(c2)OCO3)[C@H](O)C1. The number of aromatic nitrogens is 1. The number of ether oxygens (including phenoxy) is 2. The van der Waals surface area contributed by atoms with Gasteiger partial charge in [-0.15, -0.1) is 0 Å². The van der Waals surface area contributed by atoms with Crippen molar-refractivity contribution >= 4 is 5.91 Å². The normalized spacial score (nSPS) is 22.7. The molecule has 0 bridgehead atoms. The van der Waals surface area contributed by atoms with Crippen molar-refractivity contribution < 1.29 is 23.8 Å². The van der Waals surface area contributed by atoms with Gasteiger partial charge in [0, 0.05) is 19.0 Å². The lowest BCUT2D eigenvalue weighted by molar-refractivity contribution is 0.0359. The second kappa shape index (κ2) is 5.83. The summed E-state index contributed by atoms with van der Waals surface area (Å²) in [6.45, 7) is 2.77. The number of hydrogen-bond donors (Lipinski definition) is 1. The van der Waals surface area contributed by atoms with E-state index in [2.05, 4.69) is 4.98 Å². The van der Waals surface area contributed by atoms with Crippen LogP contribution in [0.5, 0.6) is 11.5 Å². The number of piperidine rings is 1. The second-order valence-electron chi connectivity index (χ2n) is 6.09. The van der Waals surface area contributed by atoms with Gasteiger partial charge in [-0.25, -0.2) is 4.98 Å². The first-order valence-electron chi connectivity index (χ1n) is 7.90. The van der Waals surface area contributed by atoms with Crippen molar-refractivity contribution in [1.82, 2.24) is 9.88 Å². The number of nitrogens with zero attached hydrogens (tertiary/aromatic N) is 2. The van der Waals surface area contributed by atoms with E-state index in [1.165, 1.54) is 6.39 Å². The van der Waals surface area contributed by atoms with Crippen molar-refractivity contribution in [1.29, 1.82) is 0 Å². The molecule has 0 saturated carbocycles. The van der Waals surface area contributed by atoms with Crippen molar-refractivity contribution in [2.75, 3.05) is 19.9 Å². The van der Waals surface area contributed by atoms with Gasteiger partial charge in [0.15, 0.2) is 17.9 Å². The van der Waals surface area contributed by atoms with E-state index in [0.29, 0.717) is 24.4 Å². The number of aliphatic hydroxyl groups is 1. The highest BCUT2D eigenvalue weighted by molar-refractivity contribution is 5.92. The maximum absolute atomic E-state index is 12.5. The van der Waals surface area contributed by atoms with Crippen molar-refractivity contribution in [3.05, 3.63) is 41.6 Å². The Kier molecular flexibility index (Phi) is 3.65. The van der Waals surface area contributed by atoms with Crippen LogP contribution in [0.4, 0.5) is 0 Å². The van der Waals surface area contributed by atoms with E-state index in [1.807, 2.05) is 18.2 Å². The van der Waals surface area contributed by atoms with Crippen LogP contribution in [0.15, 0.2) is 29.0 Å². The topological polar surface area (TPSA) is 85.0 Å². The van der Waals surface area contributed by atoms with Gasteiger partial charge in [-0.2, -0.15) is 0 Å². The summed E-state index contributed by atoms with van der Waals surface area (Å²) in [6, 6.07) is 5.72. The molecular formula is C17H18N2O5. The summed E-state index contributed by atoms with van der Waals surface area (Å²) in [5.41, 5.74) is 1.56. The minimum absolute atomic E-state index is 0.0422. The Bertz CT molecular complexity index is 772. The van der Waals surface area contributed by atoms with E-state index in [1.54, 1.807) is 11.8 Å². The highest BCUT2D eigenvalue weighted by Crippen LogP contribution is 2.37. The van der Waals surface area contributed by atoms with Crippen molar-refractivity contribution in [3.63, 3.8) is 0 Å². The standard InChI is InChI=1S/C17H18N2O5/c1-10-16(22-8-18-10)17(21)19-5-4-12(13(20)7-19)11-2-3-14-15(6-11)24-9-23-14/h2-3,6,8,12-13,20H,4-5,7,9H2,1H3/t12-,13+/m0/s1.